The summed E-state index contributed by atoms with van der Waals surface area (Å²) in [6.45, 7) is 3.77. The fourth-order valence-electron chi connectivity index (χ4n) is 4.37. The predicted molar refractivity (Wildman–Crippen MR) is 114 cm³/mol. The average Bonchev–Trinajstić information content (AvgIpc) is 2.91. The van der Waals surface area contributed by atoms with Crippen LogP contribution in [0.15, 0.2) is 42.6 Å². The molecule has 0 saturated heterocycles. The van der Waals surface area contributed by atoms with Crippen LogP contribution in [0, 0.1) is 6.92 Å². The van der Waals surface area contributed by atoms with Gasteiger partial charge in [-0.2, -0.15) is 0 Å². The molecule has 7 heteroatoms. The number of benzene rings is 1. The molecule has 1 aromatic heterocycles. The number of amides is 2. The third-order valence-electron chi connectivity index (χ3n) is 6.16. The van der Waals surface area contributed by atoms with E-state index in [0.717, 1.165) is 18.4 Å². The zero-order valence-corrected chi connectivity index (χ0v) is 17.8. The second-order valence-electron chi connectivity index (χ2n) is 8.17. The number of aliphatic hydroxyl groups excluding tert-OH is 1. The van der Waals surface area contributed by atoms with Crippen LogP contribution in [0.1, 0.15) is 54.5 Å². The number of likely N-dealkylation sites (N-methyl/N-ethyl adjacent to an activating group) is 1. The molecule has 2 N–H and O–H groups in total. The molecule has 0 unspecified atom stereocenters. The number of hydrogen-bond donors (Lipinski definition) is 2. The Hall–Kier alpha value is -2.80. The summed E-state index contributed by atoms with van der Waals surface area (Å²) in [5, 5.41) is 13.9. The third kappa shape index (κ3) is 4.84. The molecule has 0 aliphatic heterocycles. The smallest absolute Gasteiger partial charge is 0.272 e. The van der Waals surface area contributed by atoms with Crippen molar-refractivity contribution >= 4 is 11.8 Å². The van der Waals surface area contributed by atoms with E-state index in [2.05, 4.69) is 27.4 Å². The molecule has 1 heterocycles. The van der Waals surface area contributed by atoms with E-state index in [1.165, 1.54) is 6.92 Å². The van der Waals surface area contributed by atoms with Crippen molar-refractivity contribution in [2.24, 2.45) is 0 Å². The van der Waals surface area contributed by atoms with Gasteiger partial charge in [-0.05, 0) is 44.2 Å². The van der Waals surface area contributed by atoms with Crippen LogP contribution < -0.4 is 5.32 Å². The standard InChI is InChI=1S/C23H30N4O3/c1-16-24-14-11-19(26-16)22(30)27(3)20-9-12-23(13-10-21(20)29,15-25-17(2)28)18-7-5-4-6-8-18/h4-8,11,14,20-21,29H,9-10,12-13,15H2,1-3H3,(H,25,28)/t20-,21-,23-/m1/s1. The van der Waals surface area contributed by atoms with Gasteiger partial charge in [0.2, 0.25) is 5.91 Å². The number of nitrogens with zero attached hydrogens (tertiary/aromatic N) is 3. The number of carbonyl (C=O) groups excluding carboxylic acids is 2. The third-order valence-corrected chi connectivity index (χ3v) is 6.16. The van der Waals surface area contributed by atoms with Gasteiger partial charge in [-0.3, -0.25) is 9.59 Å². The van der Waals surface area contributed by atoms with Crippen molar-refractivity contribution in [1.29, 1.82) is 0 Å². The van der Waals surface area contributed by atoms with Crippen LogP contribution in [0.5, 0.6) is 0 Å². The first-order valence-corrected chi connectivity index (χ1v) is 10.4. The fourth-order valence-corrected chi connectivity index (χ4v) is 4.37. The minimum absolute atomic E-state index is 0.0712. The van der Waals surface area contributed by atoms with E-state index in [9.17, 15) is 14.7 Å². The molecule has 3 rings (SSSR count). The Balaban J connectivity index is 1.83. The summed E-state index contributed by atoms with van der Waals surface area (Å²) in [6, 6.07) is 11.4. The summed E-state index contributed by atoms with van der Waals surface area (Å²) in [5.41, 5.74) is 1.19. The molecule has 7 nitrogen and oxygen atoms in total. The quantitative estimate of drug-likeness (QED) is 0.737. The number of aryl methyl sites for hydroxylation is 1. The lowest BCUT2D eigenvalue weighted by Crippen LogP contribution is -2.44. The molecule has 1 aliphatic carbocycles. The molecule has 2 aromatic rings. The minimum atomic E-state index is -0.648. The van der Waals surface area contributed by atoms with Gasteiger partial charge in [0.25, 0.3) is 5.91 Å². The Morgan fingerprint density at radius 2 is 1.90 bits per heavy atom. The monoisotopic (exact) mass is 410 g/mol. The summed E-state index contributed by atoms with van der Waals surface area (Å²) in [4.78, 5) is 34.5. The molecule has 0 radical (unpaired) electrons. The van der Waals surface area contributed by atoms with Crippen molar-refractivity contribution in [3.05, 3.63) is 59.7 Å². The highest BCUT2D eigenvalue weighted by Crippen LogP contribution is 2.39. The van der Waals surface area contributed by atoms with Crippen molar-refractivity contribution in [3.8, 4) is 0 Å². The van der Waals surface area contributed by atoms with Crippen molar-refractivity contribution in [1.82, 2.24) is 20.2 Å². The summed E-state index contributed by atoms with van der Waals surface area (Å²) in [6.07, 6.45) is 3.57. The molecule has 2 amide bonds. The van der Waals surface area contributed by atoms with Crippen LogP contribution in [0.25, 0.3) is 0 Å². The van der Waals surface area contributed by atoms with Crippen LogP contribution >= 0.6 is 0 Å². The molecular weight excluding hydrogens is 380 g/mol. The highest BCUT2D eigenvalue weighted by molar-refractivity contribution is 5.92. The van der Waals surface area contributed by atoms with Crippen LogP contribution in [0.4, 0.5) is 0 Å². The first-order valence-electron chi connectivity index (χ1n) is 10.4. The zero-order chi connectivity index (χ0) is 21.7. The van der Waals surface area contributed by atoms with Crippen molar-refractivity contribution in [3.63, 3.8) is 0 Å². The van der Waals surface area contributed by atoms with Gasteiger partial charge < -0.3 is 15.3 Å². The summed E-state index contributed by atoms with van der Waals surface area (Å²) in [7, 11) is 1.72. The first-order chi connectivity index (χ1) is 14.3. The number of carbonyl (C=O) groups is 2. The van der Waals surface area contributed by atoms with Crippen LogP contribution in [-0.4, -0.2) is 57.5 Å². The highest BCUT2D eigenvalue weighted by atomic mass is 16.3. The maximum atomic E-state index is 13.0. The van der Waals surface area contributed by atoms with E-state index in [-0.39, 0.29) is 23.3 Å². The first kappa shape index (κ1) is 21.9. The van der Waals surface area contributed by atoms with Gasteiger partial charge in [-0.15, -0.1) is 0 Å². The van der Waals surface area contributed by atoms with Gasteiger partial charge in [0.1, 0.15) is 11.5 Å². The highest BCUT2D eigenvalue weighted by Gasteiger charge is 2.40. The van der Waals surface area contributed by atoms with Crippen LogP contribution in [0.3, 0.4) is 0 Å². The number of aliphatic hydroxyl groups is 1. The molecule has 1 fully saturated rings. The number of aromatic nitrogens is 2. The van der Waals surface area contributed by atoms with E-state index < -0.39 is 6.10 Å². The molecule has 160 valence electrons. The summed E-state index contributed by atoms with van der Waals surface area (Å²) in [5.74, 6) is 0.241. The normalized spacial score (nSPS) is 24.0. The minimum Gasteiger partial charge on any atom is -0.391 e. The molecule has 30 heavy (non-hydrogen) atoms. The van der Waals surface area contributed by atoms with Crippen LogP contribution in [0.2, 0.25) is 0 Å². The van der Waals surface area contributed by atoms with E-state index >= 15 is 0 Å². The van der Waals surface area contributed by atoms with E-state index in [1.54, 1.807) is 31.1 Å². The van der Waals surface area contributed by atoms with Crippen LogP contribution in [-0.2, 0) is 10.2 Å². The molecule has 1 aromatic carbocycles. The van der Waals surface area contributed by atoms with Gasteiger partial charge >= 0.3 is 0 Å². The van der Waals surface area contributed by atoms with Crippen molar-refractivity contribution in [2.45, 2.75) is 57.1 Å². The molecule has 3 atom stereocenters. The Bertz CT molecular complexity index is 889. The largest absolute Gasteiger partial charge is 0.391 e. The van der Waals surface area contributed by atoms with E-state index in [4.69, 9.17) is 0 Å². The number of rotatable bonds is 5. The topological polar surface area (TPSA) is 95.4 Å². The number of nitrogens with one attached hydrogen (secondary N) is 1. The lowest BCUT2D eigenvalue weighted by atomic mass is 9.74. The van der Waals surface area contributed by atoms with Crippen molar-refractivity contribution < 1.29 is 14.7 Å². The van der Waals surface area contributed by atoms with Gasteiger partial charge in [-0.1, -0.05) is 30.3 Å². The van der Waals surface area contributed by atoms with Gasteiger partial charge in [0.15, 0.2) is 0 Å². The Morgan fingerprint density at radius 1 is 1.20 bits per heavy atom. The molecule has 1 saturated carbocycles. The zero-order valence-electron chi connectivity index (χ0n) is 17.8. The molecule has 0 spiro atoms. The molecule has 0 bridgehead atoms. The van der Waals surface area contributed by atoms with Gasteiger partial charge in [0.05, 0.1) is 12.1 Å². The second-order valence-corrected chi connectivity index (χ2v) is 8.17. The maximum absolute atomic E-state index is 13.0. The Kier molecular flexibility index (Phi) is 6.82. The van der Waals surface area contributed by atoms with Crippen molar-refractivity contribution in [2.75, 3.05) is 13.6 Å². The fraction of sp³-hybridized carbons (Fsp3) is 0.478. The van der Waals surface area contributed by atoms with E-state index in [1.807, 2.05) is 18.2 Å². The second kappa shape index (κ2) is 9.34. The predicted octanol–water partition coefficient (Wildman–Crippen LogP) is 2.23. The maximum Gasteiger partial charge on any atom is 0.272 e. The lowest BCUT2D eigenvalue weighted by Gasteiger charge is -2.34. The Morgan fingerprint density at radius 3 is 2.57 bits per heavy atom. The number of hydrogen-bond acceptors (Lipinski definition) is 5. The van der Waals surface area contributed by atoms with Gasteiger partial charge in [-0.25, -0.2) is 9.97 Å². The Labute approximate surface area is 177 Å². The lowest BCUT2D eigenvalue weighted by molar-refractivity contribution is -0.119. The molecular formula is C23H30N4O3. The summed E-state index contributed by atoms with van der Waals surface area (Å²) >= 11 is 0. The SMILES string of the molecule is CC(=O)NC[C@]1(c2ccccc2)CC[C@@H](O)[C@H](N(C)C(=O)c2ccnc(C)n2)CC1. The van der Waals surface area contributed by atoms with Gasteiger partial charge in [0, 0.05) is 32.1 Å². The van der Waals surface area contributed by atoms with E-state index in [0.29, 0.717) is 30.9 Å². The summed E-state index contributed by atoms with van der Waals surface area (Å²) < 4.78 is 0. The molecule has 1 aliphatic rings. The average molecular weight is 411 g/mol.